The predicted molar refractivity (Wildman–Crippen MR) is 101 cm³/mol. The Bertz CT molecular complexity index is 871. The second kappa shape index (κ2) is 9.77. The molecule has 0 bridgehead atoms. The highest BCUT2D eigenvalue weighted by Gasteiger charge is 2.14. The zero-order valence-corrected chi connectivity index (χ0v) is 16.0. The normalized spacial score (nSPS) is 12.2. The topological polar surface area (TPSA) is 105 Å². The predicted octanol–water partition coefficient (Wildman–Crippen LogP) is 1.05. The number of aryl methyl sites for hydroxylation is 1. The van der Waals surface area contributed by atoms with Crippen molar-refractivity contribution in [2.75, 3.05) is 18.1 Å². The average Bonchev–Trinajstić information content (AvgIpc) is 2.61. The number of sulfonamides is 2. The Morgan fingerprint density at radius 2 is 1.50 bits per heavy atom. The van der Waals surface area contributed by atoms with E-state index in [0.717, 1.165) is 11.1 Å². The summed E-state index contributed by atoms with van der Waals surface area (Å²) in [6.07, 6.45) is 4.31. The molecule has 7 nitrogen and oxygen atoms in total. The van der Waals surface area contributed by atoms with Crippen molar-refractivity contribution in [1.82, 2.24) is 14.4 Å². The minimum absolute atomic E-state index is 0.0367. The number of benzene rings is 1. The third kappa shape index (κ3) is 8.05. The van der Waals surface area contributed by atoms with E-state index in [4.69, 9.17) is 0 Å². The molecule has 1 heterocycles. The summed E-state index contributed by atoms with van der Waals surface area (Å²) >= 11 is 0. The third-order valence-corrected chi connectivity index (χ3v) is 6.43. The van der Waals surface area contributed by atoms with Crippen LogP contribution in [0.5, 0.6) is 0 Å². The lowest BCUT2D eigenvalue weighted by Crippen LogP contribution is -2.35. The molecule has 0 atom stereocenters. The van der Waals surface area contributed by atoms with E-state index in [9.17, 15) is 16.8 Å². The van der Waals surface area contributed by atoms with Gasteiger partial charge in [0.2, 0.25) is 20.0 Å². The van der Waals surface area contributed by atoms with Crippen molar-refractivity contribution in [3.63, 3.8) is 0 Å². The lowest BCUT2D eigenvalue weighted by Gasteiger charge is -2.09. The number of pyridine rings is 1. The van der Waals surface area contributed by atoms with Crippen molar-refractivity contribution in [3.8, 4) is 0 Å². The van der Waals surface area contributed by atoms with Gasteiger partial charge in [0.05, 0.1) is 11.5 Å². The molecule has 0 spiro atoms. The first-order valence-electron chi connectivity index (χ1n) is 8.24. The van der Waals surface area contributed by atoms with Crippen LogP contribution in [-0.4, -0.2) is 39.9 Å². The smallest absolute Gasteiger partial charge is 0.213 e. The Labute approximate surface area is 155 Å². The van der Waals surface area contributed by atoms with Gasteiger partial charge in [-0.25, -0.2) is 26.3 Å². The molecule has 2 aromatic rings. The van der Waals surface area contributed by atoms with Crippen LogP contribution in [0.2, 0.25) is 0 Å². The van der Waals surface area contributed by atoms with Crippen LogP contribution in [0.25, 0.3) is 0 Å². The SMILES string of the molecule is O=S(=O)(CCCc1ccccc1)NCCS(=O)(=O)NCc1cccnc1. The van der Waals surface area contributed by atoms with Crippen molar-refractivity contribution in [2.45, 2.75) is 19.4 Å². The standard InChI is InChI=1S/C17H23N3O4S2/c21-25(22,12-5-9-16-6-2-1-3-7-16)19-11-13-26(23,24)20-15-17-8-4-10-18-14-17/h1-4,6-8,10,14,19-20H,5,9,11-13,15H2. The molecule has 0 aliphatic heterocycles. The fourth-order valence-corrected chi connectivity index (χ4v) is 4.40. The van der Waals surface area contributed by atoms with Crippen LogP contribution in [0.15, 0.2) is 54.9 Å². The summed E-state index contributed by atoms with van der Waals surface area (Å²) in [5.74, 6) is -0.351. The molecule has 2 rings (SSSR count). The van der Waals surface area contributed by atoms with E-state index in [1.165, 1.54) is 0 Å². The van der Waals surface area contributed by atoms with Gasteiger partial charge in [0.15, 0.2) is 0 Å². The Balaban J connectivity index is 1.69. The van der Waals surface area contributed by atoms with Crippen LogP contribution in [0, 0.1) is 0 Å². The maximum atomic E-state index is 12.0. The van der Waals surface area contributed by atoms with Gasteiger partial charge in [0.25, 0.3) is 0 Å². The van der Waals surface area contributed by atoms with Crippen LogP contribution in [0.4, 0.5) is 0 Å². The number of hydrogen-bond acceptors (Lipinski definition) is 5. The van der Waals surface area contributed by atoms with Crippen LogP contribution in [-0.2, 0) is 33.0 Å². The van der Waals surface area contributed by atoms with E-state index < -0.39 is 20.0 Å². The number of nitrogens with zero attached hydrogens (tertiary/aromatic N) is 1. The van der Waals surface area contributed by atoms with Gasteiger partial charge in [-0.05, 0) is 30.0 Å². The van der Waals surface area contributed by atoms with Crippen molar-refractivity contribution < 1.29 is 16.8 Å². The van der Waals surface area contributed by atoms with E-state index in [1.807, 2.05) is 30.3 Å². The molecule has 0 aliphatic rings. The minimum atomic E-state index is -3.57. The molecule has 0 unspecified atom stereocenters. The fraction of sp³-hybridized carbons (Fsp3) is 0.353. The maximum Gasteiger partial charge on any atom is 0.213 e. The molecule has 0 fully saturated rings. The summed E-state index contributed by atoms with van der Waals surface area (Å²) in [6.45, 7) is -0.0317. The highest BCUT2D eigenvalue weighted by atomic mass is 32.2. The Kier molecular flexibility index (Phi) is 7.70. The molecule has 0 aliphatic carbocycles. The van der Waals surface area contributed by atoms with E-state index in [0.29, 0.717) is 12.8 Å². The van der Waals surface area contributed by atoms with E-state index >= 15 is 0 Å². The lowest BCUT2D eigenvalue weighted by molar-refractivity contribution is 0.573. The van der Waals surface area contributed by atoms with E-state index in [2.05, 4.69) is 14.4 Å². The Morgan fingerprint density at radius 1 is 0.808 bits per heavy atom. The number of aromatic nitrogens is 1. The van der Waals surface area contributed by atoms with Crippen LogP contribution in [0.3, 0.4) is 0 Å². The van der Waals surface area contributed by atoms with Gasteiger partial charge in [0, 0.05) is 25.5 Å². The molecule has 0 amide bonds. The maximum absolute atomic E-state index is 12.0. The first kappa shape index (κ1) is 20.5. The van der Waals surface area contributed by atoms with Gasteiger partial charge in [0.1, 0.15) is 0 Å². The van der Waals surface area contributed by atoms with E-state index in [-0.39, 0.29) is 24.6 Å². The second-order valence-corrected chi connectivity index (χ2v) is 9.66. The van der Waals surface area contributed by atoms with Gasteiger partial charge >= 0.3 is 0 Å². The molecule has 1 aromatic carbocycles. The zero-order chi connectivity index (χ0) is 18.9. The third-order valence-electron chi connectivity index (χ3n) is 3.63. The van der Waals surface area contributed by atoms with Crippen LogP contribution >= 0.6 is 0 Å². The summed E-state index contributed by atoms with van der Waals surface area (Å²) in [5.41, 5.74) is 1.81. The van der Waals surface area contributed by atoms with Crippen molar-refractivity contribution in [3.05, 3.63) is 66.0 Å². The molecule has 0 saturated heterocycles. The molecule has 142 valence electrons. The highest BCUT2D eigenvalue weighted by Crippen LogP contribution is 2.03. The average molecular weight is 398 g/mol. The summed E-state index contributed by atoms with van der Waals surface area (Å²) in [6, 6.07) is 13.1. The van der Waals surface area contributed by atoms with Crippen molar-refractivity contribution in [1.29, 1.82) is 0 Å². The van der Waals surface area contributed by atoms with Gasteiger partial charge < -0.3 is 0 Å². The first-order valence-corrected chi connectivity index (χ1v) is 11.5. The number of rotatable bonds is 11. The van der Waals surface area contributed by atoms with Gasteiger partial charge in [-0.15, -0.1) is 0 Å². The molecule has 1 aromatic heterocycles. The fourth-order valence-electron chi connectivity index (χ4n) is 2.28. The molecular formula is C17H23N3O4S2. The number of nitrogens with one attached hydrogen (secondary N) is 2. The molecule has 26 heavy (non-hydrogen) atoms. The Morgan fingerprint density at radius 3 is 2.19 bits per heavy atom. The molecule has 2 N–H and O–H groups in total. The zero-order valence-electron chi connectivity index (χ0n) is 14.3. The summed E-state index contributed by atoms with van der Waals surface area (Å²) in [4.78, 5) is 3.90. The molecule has 0 radical (unpaired) electrons. The highest BCUT2D eigenvalue weighted by molar-refractivity contribution is 7.90. The lowest BCUT2D eigenvalue weighted by atomic mass is 10.1. The summed E-state index contributed by atoms with van der Waals surface area (Å²) in [5, 5.41) is 0. The second-order valence-electron chi connectivity index (χ2n) is 5.80. The summed E-state index contributed by atoms with van der Waals surface area (Å²) in [7, 11) is -7.06. The van der Waals surface area contributed by atoms with Gasteiger partial charge in [-0.3, -0.25) is 4.98 Å². The van der Waals surface area contributed by atoms with Crippen molar-refractivity contribution in [2.24, 2.45) is 0 Å². The summed E-state index contributed by atoms with van der Waals surface area (Å²) < 4.78 is 52.5. The first-order chi connectivity index (χ1) is 12.4. The van der Waals surface area contributed by atoms with E-state index in [1.54, 1.807) is 24.5 Å². The molecule has 0 saturated carbocycles. The largest absolute Gasteiger partial charge is 0.264 e. The van der Waals surface area contributed by atoms with Gasteiger partial charge in [-0.2, -0.15) is 0 Å². The monoisotopic (exact) mass is 397 g/mol. The van der Waals surface area contributed by atoms with Crippen LogP contribution in [0.1, 0.15) is 17.5 Å². The van der Waals surface area contributed by atoms with Crippen LogP contribution < -0.4 is 9.44 Å². The molecular weight excluding hydrogens is 374 g/mol. The quantitative estimate of drug-likeness (QED) is 0.590. The van der Waals surface area contributed by atoms with Gasteiger partial charge in [-0.1, -0.05) is 36.4 Å². The Hall–Kier alpha value is -1.81. The van der Waals surface area contributed by atoms with Crippen molar-refractivity contribution >= 4 is 20.0 Å². The number of hydrogen-bond donors (Lipinski definition) is 2. The molecule has 9 heteroatoms. The minimum Gasteiger partial charge on any atom is -0.264 e.